The molecule has 0 unspecified atom stereocenters. The minimum Gasteiger partial charge on any atom is -0.373 e. The van der Waals surface area contributed by atoms with Crippen LogP contribution in [0.3, 0.4) is 0 Å². The van der Waals surface area contributed by atoms with Crippen LogP contribution < -0.4 is 0 Å². The van der Waals surface area contributed by atoms with E-state index in [1.165, 1.54) is 19.3 Å². The molecule has 1 aromatic carbocycles. The predicted octanol–water partition coefficient (Wildman–Crippen LogP) is 4.07. The Morgan fingerprint density at radius 3 is 2.40 bits per heavy atom. The summed E-state index contributed by atoms with van der Waals surface area (Å²) in [6.07, 6.45) is 4.69. The first-order chi connectivity index (χ1) is 9.90. The summed E-state index contributed by atoms with van der Waals surface area (Å²) in [5.41, 5.74) is 1.07. The standard InChI is InChI=1S/C16H23BrO3/c17-10-6-1-2-7-11-18-15-12-19-16(20-13-15)14-8-4-3-5-9-14/h3-5,8-9,15-16H,1-2,6-7,10-13H2. The number of unbranched alkanes of at least 4 members (excludes halogenated alkanes) is 3. The molecule has 0 spiro atoms. The molecule has 0 aromatic heterocycles. The Kier molecular flexibility index (Phi) is 7.58. The van der Waals surface area contributed by atoms with Gasteiger partial charge in [-0.05, 0) is 12.8 Å². The topological polar surface area (TPSA) is 27.7 Å². The summed E-state index contributed by atoms with van der Waals surface area (Å²) in [5.74, 6) is 0. The molecule has 1 aliphatic rings. The molecular formula is C16H23BrO3. The van der Waals surface area contributed by atoms with E-state index >= 15 is 0 Å². The lowest BCUT2D eigenvalue weighted by Crippen LogP contribution is -2.33. The lowest BCUT2D eigenvalue weighted by Gasteiger charge is -2.29. The Balaban J connectivity index is 1.58. The van der Waals surface area contributed by atoms with E-state index in [4.69, 9.17) is 14.2 Å². The summed E-state index contributed by atoms with van der Waals surface area (Å²) < 4.78 is 17.2. The number of ether oxygens (including phenoxy) is 3. The van der Waals surface area contributed by atoms with E-state index in [0.29, 0.717) is 13.2 Å². The van der Waals surface area contributed by atoms with Crippen molar-refractivity contribution < 1.29 is 14.2 Å². The van der Waals surface area contributed by atoms with Crippen molar-refractivity contribution in [1.29, 1.82) is 0 Å². The lowest BCUT2D eigenvalue weighted by atomic mass is 10.2. The minimum absolute atomic E-state index is 0.0751. The van der Waals surface area contributed by atoms with E-state index in [1.54, 1.807) is 0 Å². The largest absolute Gasteiger partial charge is 0.373 e. The first-order valence-corrected chi connectivity index (χ1v) is 8.48. The van der Waals surface area contributed by atoms with Gasteiger partial charge in [-0.25, -0.2) is 0 Å². The van der Waals surface area contributed by atoms with Crippen LogP contribution in [0.15, 0.2) is 30.3 Å². The average Bonchev–Trinajstić information content (AvgIpc) is 2.52. The van der Waals surface area contributed by atoms with E-state index in [-0.39, 0.29) is 12.4 Å². The second-order valence-corrected chi connectivity index (χ2v) is 5.80. The van der Waals surface area contributed by atoms with Gasteiger partial charge >= 0.3 is 0 Å². The van der Waals surface area contributed by atoms with Gasteiger partial charge in [-0.3, -0.25) is 0 Å². The number of hydrogen-bond donors (Lipinski definition) is 0. The van der Waals surface area contributed by atoms with Gasteiger partial charge in [0.25, 0.3) is 0 Å². The van der Waals surface area contributed by atoms with Gasteiger partial charge in [-0.15, -0.1) is 0 Å². The van der Waals surface area contributed by atoms with E-state index in [2.05, 4.69) is 15.9 Å². The van der Waals surface area contributed by atoms with Crippen LogP contribution in [0.25, 0.3) is 0 Å². The first kappa shape index (κ1) is 16.0. The molecule has 4 heteroatoms. The second-order valence-electron chi connectivity index (χ2n) is 5.01. The van der Waals surface area contributed by atoms with Gasteiger partial charge in [0.15, 0.2) is 6.29 Å². The summed E-state index contributed by atoms with van der Waals surface area (Å²) in [6, 6.07) is 10.0. The molecule has 0 aliphatic carbocycles. The van der Waals surface area contributed by atoms with Crippen LogP contribution in [0.1, 0.15) is 37.5 Å². The van der Waals surface area contributed by atoms with Crippen LogP contribution in [0.4, 0.5) is 0 Å². The average molecular weight is 343 g/mol. The maximum Gasteiger partial charge on any atom is 0.184 e. The van der Waals surface area contributed by atoms with Gasteiger partial charge in [0.05, 0.1) is 13.2 Å². The third kappa shape index (κ3) is 5.52. The fourth-order valence-corrected chi connectivity index (χ4v) is 2.58. The molecular weight excluding hydrogens is 320 g/mol. The molecule has 3 nitrogen and oxygen atoms in total. The molecule has 20 heavy (non-hydrogen) atoms. The Morgan fingerprint density at radius 1 is 1.00 bits per heavy atom. The van der Waals surface area contributed by atoms with Gasteiger partial charge < -0.3 is 14.2 Å². The lowest BCUT2D eigenvalue weighted by molar-refractivity contribution is -0.230. The van der Waals surface area contributed by atoms with Crippen molar-refractivity contribution >= 4 is 15.9 Å². The Hall–Kier alpha value is -0.420. The molecule has 1 aromatic rings. The molecule has 0 N–H and O–H groups in total. The Labute approximate surface area is 129 Å². The highest BCUT2D eigenvalue weighted by molar-refractivity contribution is 9.09. The Bertz CT molecular complexity index is 350. The SMILES string of the molecule is BrCCCCCCOC1COC(c2ccccc2)OC1. The van der Waals surface area contributed by atoms with Crippen LogP contribution in [0, 0.1) is 0 Å². The molecule has 0 amide bonds. The van der Waals surface area contributed by atoms with Crippen molar-refractivity contribution in [1.82, 2.24) is 0 Å². The van der Waals surface area contributed by atoms with Gasteiger partial charge in [0.1, 0.15) is 6.10 Å². The molecule has 0 atom stereocenters. The van der Waals surface area contributed by atoms with Crippen LogP contribution in [-0.4, -0.2) is 31.3 Å². The van der Waals surface area contributed by atoms with Crippen molar-refractivity contribution in [3.8, 4) is 0 Å². The van der Waals surface area contributed by atoms with Crippen LogP contribution in [-0.2, 0) is 14.2 Å². The van der Waals surface area contributed by atoms with Crippen molar-refractivity contribution in [3.05, 3.63) is 35.9 Å². The van der Waals surface area contributed by atoms with E-state index in [1.807, 2.05) is 30.3 Å². The highest BCUT2D eigenvalue weighted by atomic mass is 79.9. The molecule has 112 valence electrons. The highest BCUT2D eigenvalue weighted by Gasteiger charge is 2.23. The zero-order valence-electron chi connectivity index (χ0n) is 11.8. The quantitative estimate of drug-likeness (QED) is 0.526. The molecule has 0 radical (unpaired) electrons. The zero-order valence-corrected chi connectivity index (χ0v) is 13.4. The normalized spacial score (nSPS) is 22.9. The van der Waals surface area contributed by atoms with Crippen LogP contribution in [0.2, 0.25) is 0 Å². The number of benzene rings is 1. The van der Waals surface area contributed by atoms with Gasteiger partial charge in [-0.1, -0.05) is 59.1 Å². The maximum absolute atomic E-state index is 5.79. The predicted molar refractivity (Wildman–Crippen MR) is 83.1 cm³/mol. The van der Waals surface area contributed by atoms with E-state index in [0.717, 1.165) is 23.9 Å². The van der Waals surface area contributed by atoms with Gasteiger partial charge in [0.2, 0.25) is 0 Å². The summed E-state index contributed by atoms with van der Waals surface area (Å²) in [4.78, 5) is 0. The van der Waals surface area contributed by atoms with E-state index < -0.39 is 0 Å². The molecule has 2 rings (SSSR count). The molecule has 0 bridgehead atoms. The monoisotopic (exact) mass is 342 g/mol. The molecule has 1 aliphatic heterocycles. The fourth-order valence-electron chi connectivity index (χ4n) is 2.18. The number of rotatable bonds is 8. The summed E-state index contributed by atoms with van der Waals surface area (Å²) >= 11 is 3.44. The van der Waals surface area contributed by atoms with Crippen LogP contribution in [0.5, 0.6) is 0 Å². The van der Waals surface area contributed by atoms with Gasteiger partial charge in [0, 0.05) is 17.5 Å². The number of halogens is 1. The molecule has 0 saturated carbocycles. The molecule has 1 saturated heterocycles. The highest BCUT2D eigenvalue weighted by Crippen LogP contribution is 2.23. The number of hydrogen-bond acceptors (Lipinski definition) is 3. The maximum atomic E-state index is 5.79. The van der Waals surface area contributed by atoms with Crippen molar-refractivity contribution in [2.75, 3.05) is 25.2 Å². The fraction of sp³-hybridized carbons (Fsp3) is 0.625. The summed E-state index contributed by atoms with van der Waals surface area (Å²) in [6.45, 7) is 2.03. The first-order valence-electron chi connectivity index (χ1n) is 7.36. The zero-order chi connectivity index (χ0) is 14.0. The smallest absolute Gasteiger partial charge is 0.184 e. The van der Waals surface area contributed by atoms with Crippen molar-refractivity contribution in [2.45, 2.75) is 38.1 Å². The third-order valence-electron chi connectivity index (χ3n) is 3.32. The number of alkyl halides is 1. The van der Waals surface area contributed by atoms with Gasteiger partial charge in [-0.2, -0.15) is 0 Å². The van der Waals surface area contributed by atoms with Crippen LogP contribution >= 0.6 is 15.9 Å². The summed E-state index contributed by atoms with van der Waals surface area (Å²) in [7, 11) is 0. The van der Waals surface area contributed by atoms with Crippen molar-refractivity contribution in [2.24, 2.45) is 0 Å². The Morgan fingerprint density at radius 2 is 1.70 bits per heavy atom. The molecule has 1 fully saturated rings. The minimum atomic E-state index is -0.241. The molecule has 1 heterocycles. The van der Waals surface area contributed by atoms with E-state index in [9.17, 15) is 0 Å². The van der Waals surface area contributed by atoms with Crippen molar-refractivity contribution in [3.63, 3.8) is 0 Å². The summed E-state index contributed by atoms with van der Waals surface area (Å²) in [5, 5.41) is 1.10. The third-order valence-corrected chi connectivity index (χ3v) is 3.88. The second kappa shape index (κ2) is 9.50.